The molecular formula is C15H27N3. The predicted molar refractivity (Wildman–Crippen MR) is 78.8 cm³/mol. The van der Waals surface area contributed by atoms with Crippen LogP contribution in [0, 0.1) is 5.92 Å². The highest BCUT2D eigenvalue weighted by atomic mass is 15.1. The molecule has 3 nitrogen and oxygen atoms in total. The molecule has 0 atom stereocenters. The van der Waals surface area contributed by atoms with Crippen LogP contribution in [0.3, 0.4) is 0 Å². The van der Waals surface area contributed by atoms with E-state index < -0.39 is 0 Å². The van der Waals surface area contributed by atoms with Gasteiger partial charge < -0.3 is 5.32 Å². The van der Waals surface area contributed by atoms with E-state index in [2.05, 4.69) is 48.1 Å². The van der Waals surface area contributed by atoms with E-state index in [9.17, 15) is 0 Å². The van der Waals surface area contributed by atoms with Gasteiger partial charge in [-0.15, -0.1) is 0 Å². The largest absolute Gasteiger partial charge is 0.373 e. The highest BCUT2D eigenvalue weighted by molar-refractivity contribution is 5.36. The zero-order valence-corrected chi connectivity index (χ0v) is 12.2. The quantitative estimate of drug-likeness (QED) is 0.765. The van der Waals surface area contributed by atoms with Crippen LogP contribution in [0.5, 0.6) is 0 Å². The van der Waals surface area contributed by atoms with E-state index in [4.69, 9.17) is 0 Å². The minimum absolute atomic E-state index is 0.815. The van der Waals surface area contributed by atoms with Gasteiger partial charge in [-0.1, -0.05) is 33.6 Å². The van der Waals surface area contributed by atoms with Gasteiger partial charge in [0.05, 0.1) is 0 Å². The lowest BCUT2D eigenvalue weighted by atomic mass is 10.0. The molecule has 0 aliphatic carbocycles. The Bertz CT molecular complexity index is 334. The summed E-state index contributed by atoms with van der Waals surface area (Å²) < 4.78 is 0. The van der Waals surface area contributed by atoms with Crippen molar-refractivity contribution < 1.29 is 0 Å². The topological polar surface area (TPSA) is 28.2 Å². The zero-order chi connectivity index (χ0) is 13.4. The second-order valence-electron chi connectivity index (χ2n) is 4.81. The molecular weight excluding hydrogens is 222 g/mol. The predicted octanol–water partition coefficient (Wildman–Crippen LogP) is 3.38. The Morgan fingerprint density at radius 1 is 1.28 bits per heavy atom. The normalized spacial score (nSPS) is 11.2. The Hall–Kier alpha value is -1.09. The average Bonchev–Trinajstić information content (AvgIpc) is 2.43. The van der Waals surface area contributed by atoms with E-state index in [0.29, 0.717) is 0 Å². The van der Waals surface area contributed by atoms with E-state index in [1.165, 1.54) is 24.9 Å². The number of hydrogen-bond donors (Lipinski definition) is 1. The zero-order valence-electron chi connectivity index (χ0n) is 12.2. The summed E-state index contributed by atoms with van der Waals surface area (Å²) in [6.45, 7) is 10.1. The van der Waals surface area contributed by atoms with Gasteiger partial charge in [0.1, 0.15) is 5.82 Å². The highest BCUT2D eigenvalue weighted by Gasteiger charge is 2.10. The van der Waals surface area contributed by atoms with E-state index in [1.807, 2.05) is 13.2 Å². The van der Waals surface area contributed by atoms with Gasteiger partial charge >= 0.3 is 0 Å². The number of nitrogens with zero attached hydrogens (tertiary/aromatic N) is 2. The van der Waals surface area contributed by atoms with Crippen molar-refractivity contribution in [2.75, 3.05) is 25.5 Å². The fourth-order valence-corrected chi connectivity index (χ4v) is 2.19. The number of pyridine rings is 1. The molecule has 0 aromatic carbocycles. The summed E-state index contributed by atoms with van der Waals surface area (Å²) >= 11 is 0. The summed E-state index contributed by atoms with van der Waals surface area (Å²) in [6.07, 6.45) is 4.42. The number of nitrogens with one attached hydrogen (secondary N) is 1. The molecule has 0 amide bonds. The Kier molecular flexibility index (Phi) is 6.73. The first-order chi connectivity index (χ1) is 8.73. The van der Waals surface area contributed by atoms with Crippen molar-refractivity contribution in [1.29, 1.82) is 0 Å². The number of anilines is 1. The van der Waals surface area contributed by atoms with Crippen molar-refractivity contribution in [3.63, 3.8) is 0 Å². The summed E-state index contributed by atoms with van der Waals surface area (Å²) in [5.74, 6) is 1.77. The summed E-state index contributed by atoms with van der Waals surface area (Å²) in [7, 11) is 1.91. The second kappa shape index (κ2) is 8.09. The molecule has 1 N–H and O–H groups in total. The Labute approximate surface area is 112 Å². The van der Waals surface area contributed by atoms with Gasteiger partial charge in [-0.25, -0.2) is 4.98 Å². The SMILES string of the molecule is CCC(CC)CN(CC)Cc1ccnc(NC)c1. The van der Waals surface area contributed by atoms with Crippen molar-refractivity contribution in [2.24, 2.45) is 5.92 Å². The molecule has 0 fully saturated rings. The van der Waals surface area contributed by atoms with Crippen molar-refractivity contribution in [3.05, 3.63) is 23.9 Å². The van der Waals surface area contributed by atoms with Crippen LogP contribution >= 0.6 is 0 Å². The van der Waals surface area contributed by atoms with Crippen LogP contribution in [0.25, 0.3) is 0 Å². The molecule has 0 unspecified atom stereocenters. The molecule has 1 rings (SSSR count). The standard InChI is InChI=1S/C15H27N3/c1-5-13(6-2)11-18(7-3)12-14-8-9-17-15(10-14)16-4/h8-10,13H,5-7,11-12H2,1-4H3,(H,16,17). The van der Waals surface area contributed by atoms with Crippen LogP contribution in [-0.2, 0) is 6.54 Å². The van der Waals surface area contributed by atoms with Crippen molar-refractivity contribution in [3.8, 4) is 0 Å². The smallest absolute Gasteiger partial charge is 0.125 e. The van der Waals surface area contributed by atoms with Gasteiger partial charge in [0.2, 0.25) is 0 Å². The third kappa shape index (κ3) is 4.65. The minimum Gasteiger partial charge on any atom is -0.373 e. The van der Waals surface area contributed by atoms with E-state index >= 15 is 0 Å². The second-order valence-corrected chi connectivity index (χ2v) is 4.81. The lowest BCUT2D eigenvalue weighted by Crippen LogP contribution is -2.28. The van der Waals surface area contributed by atoms with Crippen LogP contribution in [-0.4, -0.2) is 30.0 Å². The summed E-state index contributed by atoms with van der Waals surface area (Å²) in [6, 6.07) is 4.24. The van der Waals surface area contributed by atoms with Crippen molar-refractivity contribution in [1.82, 2.24) is 9.88 Å². The van der Waals surface area contributed by atoms with Crippen molar-refractivity contribution >= 4 is 5.82 Å². The van der Waals surface area contributed by atoms with Crippen molar-refractivity contribution in [2.45, 2.75) is 40.2 Å². The van der Waals surface area contributed by atoms with Gasteiger partial charge in [-0.3, -0.25) is 4.90 Å². The van der Waals surface area contributed by atoms with Crippen LogP contribution in [0.1, 0.15) is 39.2 Å². The molecule has 1 heterocycles. The molecule has 18 heavy (non-hydrogen) atoms. The summed E-state index contributed by atoms with van der Waals surface area (Å²) in [5.41, 5.74) is 1.34. The molecule has 0 bridgehead atoms. The van der Waals surface area contributed by atoms with E-state index in [-0.39, 0.29) is 0 Å². The molecule has 1 aromatic rings. The molecule has 0 saturated carbocycles. The number of aromatic nitrogens is 1. The first kappa shape index (κ1) is 15.0. The van der Waals surface area contributed by atoms with Crippen LogP contribution < -0.4 is 5.32 Å². The maximum Gasteiger partial charge on any atom is 0.125 e. The Morgan fingerprint density at radius 3 is 2.56 bits per heavy atom. The Morgan fingerprint density at radius 2 is 2.00 bits per heavy atom. The molecule has 0 aliphatic heterocycles. The van der Waals surface area contributed by atoms with Gasteiger partial charge in [0.25, 0.3) is 0 Å². The summed E-state index contributed by atoms with van der Waals surface area (Å²) in [5, 5.41) is 3.09. The third-order valence-corrected chi connectivity index (χ3v) is 3.60. The number of rotatable bonds is 8. The number of hydrogen-bond acceptors (Lipinski definition) is 3. The maximum atomic E-state index is 4.25. The highest BCUT2D eigenvalue weighted by Crippen LogP contribution is 2.14. The molecule has 0 spiro atoms. The van der Waals surface area contributed by atoms with E-state index in [1.54, 1.807) is 0 Å². The van der Waals surface area contributed by atoms with Crippen LogP contribution in [0.2, 0.25) is 0 Å². The fraction of sp³-hybridized carbons (Fsp3) is 0.667. The molecule has 1 aromatic heterocycles. The Balaban J connectivity index is 2.61. The molecule has 3 heteroatoms. The molecule has 0 aliphatic rings. The maximum absolute atomic E-state index is 4.25. The van der Waals surface area contributed by atoms with Gasteiger partial charge in [-0.05, 0) is 30.2 Å². The fourth-order valence-electron chi connectivity index (χ4n) is 2.19. The first-order valence-corrected chi connectivity index (χ1v) is 7.08. The van der Waals surface area contributed by atoms with E-state index in [0.717, 1.165) is 24.8 Å². The average molecular weight is 249 g/mol. The summed E-state index contributed by atoms with van der Waals surface area (Å²) in [4.78, 5) is 6.77. The molecule has 0 radical (unpaired) electrons. The molecule has 102 valence electrons. The lowest BCUT2D eigenvalue weighted by Gasteiger charge is -2.25. The van der Waals surface area contributed by atoms with Gasteiger partial charge in [0.15, 0.2) is 0 Å². The minimum atomic E-state index is 0.815. The lowest BCUT2D eigenvalue weighted by molar-refractivity contribution is 0.226. The van der Waals surface area contributed by atoms with Crippen LogP contribution in [0.4, 0.5) is 5.82 Å². The first-order valence-electron chi connectivity index (χ1n) is 7.08. The van der Waals surface area contributed by atoms with Crippen LogP contribution in [0.15, 0.2) is 18.3 Å². The molecule has 0 saturated heterocycles. The third-order valence-electron chi connectivity index (χ3n) is 3.60. The van der Waals surface area contributed by atoms with Gasteiger partial charge in [0, 0.05) is 26.3 Å². The van der Waals surface area contributed by atoms with Gasteiger partial charge in [-0.2, -0.15) is 0 Å². The monoisotopic (exact) mass is 249 g/mol.